The van der Waals surface area contributed by atoms with E-state index in [1.807, 2.05) is 42.5 Å². The Balaban J connectivity index is 1.79. The maximum atomic E-state index is 12.8. The minimum absolute atomic E-state index is 0.154. The molecule has 23 heavy (non-hydrogen) atoms. The van der Waals surface area contributed by atoms with Crippen LogP contribution in [0, 0.1) is 0 Å². The highest BCUT2D eigenvalue weighted by molar-refractivity contribution is 6.30. The van der Waals surface area contributed by atoms with E-state index in [4.69, 9.17) is 11.6 Å². The molecule has 1 aliphatic carbocycles. The van der Waals surface area contributed by atoms with Crippen LogP contribution in [0.25, 0.3) is 0 Å². The van der Waals surface area contributed by atoms with Gasteiger partial charge in [0.2, 0.25) is 5.91 Å². The SMILES string of the molecule is O=C(NCc1ccccc1)C(c1cccc(Cl)c1)C1(O)CCC1. The molecule has 1 fully saturated rings. The third kappa shape index (κ3) is 3.57. The summed E-state index contributed by atoms with van der Waals surface area (Å²) in [6.45, 7) is 0.451. The van der Waals surface area contributed by atoms with Crippen molar-refractivity contribution in [3.8, 4) is 0 Å². The fourth-order valence-corrected chi connectivity index (χ4v) is 3.31. The fourth-order valence-electron chi connectivity index (χ4n) is 3.11. The van der Waals surface area contributed by atoms with Crippen LogP contribution in [0.2, 0.25) is 5.02 Å². The molecule has 1 aliphatic rings. The van der Waals surface area contributed by atoms with Crippen molar-refractivity contribution in [1.29, 1.82) is 0 Å². The zero-order valence-corrected chi connectivity index (χ0v) is 13.6. The van der Waals surface area contributed by atoms with Gasteiger partial charge < -0.3 is 10.4 Å². The lowest BCUT2D eigenvalue weighted by Crippen LogP contribution is -2.49. The number of amides is 1. The van der Waals surface area contributed by atoms with Gasteiger partial charge in [-0.25, -0.2) is 0 Å². The van der Waals surface area contributed by atoms with Gasteiger partial charge in [0.25, 0.3) is 0 Å². The van der Waals surface area contributed by atoms with Crippen molar-refractivity contribution in [2.24, 2.45) is 0 Å². The number of nitrogens with one attached hydrogen (secondary N) is 1. The van der Waals surface area contributed by atoms with Crippen molar-refractivity contribution < 1.29 is 9.90 Å². The minimum Gasteiger partial charge on any atom is -0.389 e. The molecule has 2 aromatic rings. The molecule has 1 saturated carbocycles. The first kappa shape index (κ1) is 16.0. The van der Waals surface area contributed by atoms with Gasteiger partial charge in [0.1, 0.15) is 0 Å². The summed E-state index contributed by atoms with van der Waals surface area (Å²) < 4.78 is 0. The van der Waals surface area contributed by atoms with E-state index in [1.54, 1.807) is 12.1 Å². The van der Waals surface area contributed by atoms with Crippen LogP contribution in [-0.4, -0.2) is 16.6 Å². The second kappa shape index (κ2) is 6.73. The average molecular weight is 330 g/mol. The van der Waals surface area contributed by atoms with E-state index in [9.17, 15) is 9.90 Å². The van der Waals surface area contributed by atoms with Gasteiger partial charge in [-0.05, 0) is 42.5 Å². The first-order chi connectivity index (χ1) is 11.1. The number of aliphatic hydroxyl groups is 1. The number of hydrogen-bond acceptors (Lipinski definition) is 2. The average Bonchev–Trinajstić information content (AvgIpc) is 2.52. The molecular formula is C19H20ClNO2. The van der Waals surface area contributed by atoms with E-state index in [-0.39, 0.29) is 5.91 Å². The molecule has 120 valence electrons. The summed E-state index contributed by atoms with van der Waals surface area (Å²) in [4.78, 5) is 12.8. The number of rotatable bonds is 5. The topological polar surface area (TPSA) is 49.3 Å². The smallest absolute Gasteiger partial charge is 0.230 e. The molecule has 4 heteroatoms. The normalized spacial score (nSPS) is 17.1. The Labute approximate surface area is 141 Å². The van der Waals surface area contributed by atoms with Crippen LogP contribution in [-0.2, 0) is 11.3 Å². The van der Waals surface area contributed by atoms with Gasteiger partial charge in [0.15, 0.2) is 0 Å². The van der Waals surface area contributed by atoms with Gasteiger partial charge in [0, 0.05) is 11.6 Å². The summed E-state index contributed by atoms with van der Waals surface area (Å²) in [5, 5.41) is 14.3. The second-order valence-electron chi connectivity index (χ2n) is 6.15. The van der Waals surface area contributed by atoms with E-state index in [2.05, 4.69) is 5.32 Å². The third-order valence-electron chi connectivity index (χ3n) is 4.51. The largest absolute Gasteiger partial charge is 0.389 e. The van der Waals surface area contributed by atoms with E-state index in [1.165, 1.54) is 0 Å². The zero-order chi connectivity index (χ0) is 16.3. The lowest BCUT2D eigenvalue weighted by atomic mass is 9.68. The Morgan fingerprint density at radius 2 is 1.91 bits per heavy atom. The van der Waals surface area contributed by atoms with Gasteiger partial charge in [-0.3, -0.25) is 4.79 Å². The second-order valence-corrected chi connectivity index (χ2v) is 6.58. The van der Waals surface area contributed by atoms with E-state index in [0.29, 0.717) is 24.4 Å². The Morgan fingerprint density at radius 1 is 1.17 bits per heavy atom. The molecule has 2 N–H and O–H groups in total. The van der Waals surface area contributed by atoms with Crippen LogP contribution >= 0.6 is 11.6 Å². The molecule has 0 heterocycles. The number of carbonyl (C=O) groups excluding carboxylic acids is 1. The molecule has 0 spiro atoms. The molecule has 0 aliphatic heterocycles. The number of carbonyl (C=O) groups is 1. The predicted molar refractivity (Wildman–Crippen MR) is 91.3 cm³/mol. The fraction of sp³-hybridized carbons (Fsp3) is 0.316. The highest BCUT2D eigenvalue weighted by Gasteiger charge is 2.46. The van der Waals surface area contributed by atoms with Gasteiger partial charge >= 0.3 is 0 Å². The summed E-state index contributed by atoms with van der Waals surface area (Å²) in [5.41, 5.74) is 0.836. The first-order valence-electron chi connectivity index (χ1n) is 7.88. The van der Waals surface area contributed by atoms with Gasteiger partial charge in [-0.2, -0.15) is 0 Å². The first-order valence-corrected chi connectivity index (χ1v) is 8.26. The van der Waals surface area contributed by atoms with Gasteiger partial charge in [-0.15, -0.1) is 0 Å². The van der Waals surface area contributed by atoms with Crippen molar-refractivity contribution in [3.63, 3.8) is 0 Å². The van der Waals surface area contributed by atoms with Crippen LogP contribution in [0.15, 0.2) is 54.6 Å². The van der Waals surface area contributed by atoms with Crippen molar-refractivity contribution in [2.75, 3.05) is 0 Å². The summed E-state index contributed by atoms with van der Waals surface area (Å²) in [5.74, 6) is -0.739. The molecule has 1 atom stereocenters. The number of halogens is 1. The van der Waals surface area contributed by atoms with Gasteiger partial charge in [0.05, 0.1) is 11.5 Å². The predicted octanol–water partition coefficient (Wildman–Crippen LogP) is 3.66. The Morgan fingerprint density at radius 3 is 2.52 bits per heavy atom. The Hall–Kier alpha value is -1.84. The molecule has 2 aromatic carbocycles. The maximum absolute atomic E-state index is 12.8. The Kier molecular flexibility index (Phi) is 4.69. The van der Waals surface area contributed by atoms with E-state index in [0.717, 1.165) is 17.5 Å². The Bertz CT molecular complexity index is 683. The lowest BCUT2D eigenvalue weighted by Gasteiger charge is -2.42. The van der Waals surface area contributed by atoms with Crippen LogP contribution in [0.1, 0.15) is 36.3 Å². The van der Waals surface area contributed by atoms with Crippen LogP contribution in [0.5, 0.6) is 0 Å². The minimum atomic E-state index is -0.967. The summed E-state index contributed by atoms with van der Waals surface area (Å²) >= 11 is 6.06. The van der Waals surface area contributed by atoms with Crippen molar-refractivity contribution >= 4 is 17.5 Å². The number of benzene rings is 2. The molecular weight excluding hydrogens is 310 g/mol. The molecule has 0 aromatic heterocycles. The van der Waals surface area contributed by atoms with Crippen LogP contribution < -0.4 is 5.32 Å². The summed E-state index contributed by atoms with van der Waals surface area (Å²) in [6.07, 6.45) is 2.23. The molecule has 3 rings (SSSR count). The summed E-state index contributed by atoms with van der Waals surface area (Å²) in [6, 6.07) is 17.0. The zero-order valence-electron chi connectivity index (χ0n) is 12.8. The monoisotopic (exact) mass is 329 g/mol. The van der Waals surface area contributed by atoms with Crippen molar-refractivity contribution in [1.82, 2.24) is 5.32 Å². The number of hydrogen-bond donors (Lipinski definition) is 2. The van der Waals surface area contributed by atoms with Crippen molar-refractivity contribution in [2.45, 2.75) is 37.3 Å². The molecule has 0 bridgehead atoms. The standard InChI is InChI=1S/C19H20ClNO2/c20-16-9-4-8-15(12-16)17(19(23)10-5-11-19)18(22)21-13-14-6-2-1-3-7-14/h1-4,6-9,12,17,23H,5,10-11,13H2,(H,21,22). The lowest BCUT2D eigenvalue weighted by molar-refractivity contribution is -0.135. The van der Waals surface area contributed by atoms with E-state index < -0.39 is 11.5 Å². The highest BCUT2D eigenvalue weighted by atomic mass is 35.5. The molecule has 1 amide bonds. The third-order valence-corrected chi connectivity index (χ3v) is 4.75. The van der Waals surface area contributed by atoms with Crippen LogP contribution in [0.4, 0.5) is 0 Å². The van der Waals surface area contributed by atoms with Crippen molar-refractivity contribution in [3.05, 3.63) is 70.7 Å². The van der Waals surface area contributed by atoms with Gasteiger partial charge in [-0.1, -0.05) is 54.1 Å². The molecule has 1 unspecified atom stereocenters. The molecule has 0 radical (unpaired) electrons. The molecule has 0 saturated heterocycles. The maximum Gasteiger partial charge on any atom is 0.230 e. The van der Waals surface area contributed by atoms with Crippen LogP contribution in [0.3, 0.4) is 0 Å². The molecule has 3 nitrogen and oxygen atoms in total. The highest BCUT2D eigenvalue weighted by Crippen LogP contribution is 2.44. The van der Waals surface area contributed by atoms with E-state index >= 15 is 0 Å². The summed E-state index contributed by atoms with van der Waals surface area (Å²) in [7, 11) is 0. The quantitative estimate of drug-likeness (QED) is 0.879.